The summed E-state index contributed by atoms with van der Waals surface area (Å²) in [4.78, 5) is 2.36. The highest BCUT2D eigenvalue weighted by Crippen LogP contribution is 2.43. The molecular formula is C54H36N2O. The molecule has 11 aromatic rings. The van der Waals surface area contributed by atoms with E-state index in [0.29, 0.717) is 0 Å². The first-order valence-electron chi connectivity index (χ1n) is 19.4. The van der Waals surface area contributed by atoms with Gasteiger partial charge in [0.2, 0.25) is 0 Å². The van der Waals surface area contributed by atoms with Crippen LogP contribution in [0.2, 0.25) is 0 Å². The maximum Gasteiger partial charge on any atom is 0.159 e. The maximum atomic E-state index is 6.58. The fraction of sp³-hybridized carbons (Fsp3) is 0. The van der Waals surface area contributed by atoms with Gasteiger partial charge < -0.3 is 13.9 Å². The minimum absolute atomic E-state index is 0.890. The van der Waals surface area contributed by atoms with E-state index in [1.807, 2.05) is 6.07 Å². The molecule has 0 aliphatic heterocycles. The molecule has 0 atom stereocenters. The summed E-state index contributed by atoms with van der Waals surface area (Å²) in [7, 11) is 0. The molecule has 0 saturated carbocycles. The van der Waals surface area contributed by atoms with Gasteiger partial charge in [-0.3, -0.25) is 0 Å². The fourth-order valence-electron chi connectivity index (χ4n) is 8.55. The van der Waals surface area contributed by atoms with Crippen LogP contribution in [0.4, 0.5) is 17.1 Å². The van der Waals surface area contributed by atoms with Crippen LogP contribution in [-0.4, -0.2) is 4.57 Å². The molecule has 0 unspecified atom stereocenters. The van der Waals surface area contributed by atoms with Gasteiger partial charge >= 0.3 is 0 Å². The summed E-state index contributed by atoms with van der Waals surface area (Å²) in [6, 6.07) is 78.1. The Morgan fingerprint density at radius 1 is 0.351 bits per heavy atom. The Morgan fingerprint density at radius 2 is 0.877 bits per heavy atom. The van der Waals surface area contributed by atoms with E-state index in [0.717, 1.165) is 61.3 Å². The van der Waals surface area contributed by atoms with Gasteiger partial charge in [-0.05, 0) is 94.0 Å². The van der Waals surface area contributed by atoms with E-state index < -0.39 is 0 Å². The van der Waals surface area contributed by atoms with Gasteiger partial charge in [-0.1, -0.05) is 158 Å². The average molecular weight is 729 g/mol. The number of hydrogen-bond acceptors (Lipinski definition) is 2. The van der Waals surface area contributed by atoms with Crippen LogP contribution in [0.15, 0.2) is 223 Å². The molecule has 0 aliphatic rings. The molecule has 0 aliphatic carbocycles. The molecule has 9 aromatic carbocycles. The molecule has 0 spiro atoms. The Kier molecular flexibility index (Phi) is 7.82. The molecule has 0 bridgehead atoms. The first kappa shape index (κ1) is 32.8. The molecule has 0 N–H and O–H groups in total. The van der Waals surface area contributed by atoms with Crippen molar-refractivity contribution in [3.63, 3.8) is 0 Å². The van der Waals surface area contributed by atoms with Crippen molar-refractivity contribution in [1.82, 2.24) is 4.57 Å². The highest BCUT2D eigenvalue weighted by Gasteiger charge is 2.21. The first-order valence-corrected chi connectivity index (χ1v) is 19.4. The van der Waals surface area contributed by atoms with Crippen LogP contribution in [0.5, 0.6) is 0 Å². The average Bonchev–Trinajstić information content (AvgIpc) is 3.84. The lowest BCUT2D eigenvalue weighted by molar-refractivity contribution is 0.666. The molecule has 0 radical (unpaired) electrons. The van der Waals surface area contributed by atoms with Crippen LogP contribution >= 0.6 is 0 Å². The minimum atomic E-state index is 0.890. The van der Waals surface area contributed by atoms with Crippen molar-refractivity contribution in [2.75, 3.05) is 4.90 Å². The van der Waals surface area contributed by atoms with E-state index >= 15 is 0 Å². The number of hydrogen-bond donors (Lipinski definition) is 0. The molecule has 0 fully saturated rings. The number of rotatable bonds is 7. The van der Waals surface area contributed by atoms with Crippen molar-refractivity contribution in [2.24, 2.45) is 0 Å². The van der Waals surface area contributed by atoms with Crippen LogP contribution in [0, 0.1) is 0 Å². The van der Waals surface area contributed by atoms with Gasteiger partial charge in [0.05, 0.1) is 16.7 Å². The summed E-state index contributed by atoms with van der Waals surface area (Å²) in [6.07, 6.45) is 0. The van der Waals surface area contributed by atoms with Crippen LogP contribution in [-0.2, 0) is 0 Å². The zero-order valence-electron chi connectivity index (χ0n) is 31.1. The molecule has 2 aromatic heterocycles. The lowest BCUT2D eigenvalue weighted by atomic mass is 9.98. The molecule has 57 heavy (non-hydrogen) atoms. The fourth-order valence-corrected chi connectivity index (χ4v) is 8.55. The molecule has 2 heterocycles. The smallest absolute Gasteiger partial charge is 0.159 e. The second-order valence-electron chi connectivity index (χ2n) is 14.5. The Balaban J connectivity index is 1.07. The number of benzene rings is 9. The Hall–Kier alpha value is -7.62. The van der Waals surface area contributed by atoms with Gasteiger partial charge in [-0.25, -0.2) is 0 Å². The highest BCUT2D eigenvalue weighted by molar-refractivity contribution is 6.17. The molecular weight excluding hydrogens is 693 g/mol. The van der Waals surface area contributed by atoms with Crippen molar-refractivity contribution in [2.45, 2.75) is 0 Å². The van der Waals surface area contributed by atoms with Crippen LogP contribution in [0.1, 0.15) is 0 Å². The number of aromatic nitrogens is 1. The van der Waals surface area contributed by atoms with E-state index in [1.54, 1.807) is 0 Å². The van der Waals surface area contributed by atoms with E-state index in [-0.39, 0.29) is 0 Å². The van der Waals surface area contributed by atoms with Gasteiger partial charge in [-0.2, -0.15) is 0 Å². The van der Waals surface area contributed by atoms with Gasteiger partial charge in [0.1, 0.15) is 5.58 Å². The SMILES string of the molecule is c1ccc(-c2ccc(N(c3ccc(-c4ccccc4)cc3)c3cccc(-c4cccc5c4c4ccccc4n5-c4cccc5c4oc4ccccc45)c3)cc2)cc1. The van der Waals surface area contributed by atoms with Gasteiger partial charge in [0.15, 0.2) is 5.58 Å². The van der Waals surface area contributed by atoms with Crippen molar-refractivity contribution in [3.05, 3.63) is 218 Å². The summed E-state index contributed by atoms with van der Waals surface area (Å²) in [5.41, 5.74) is 15.5. The quantitative estimate of drug-likeness (QED) is 0.163. The third-order valence-electron chi connectivity index (χ3n) is 11.2. The van der Waals surface area contributed by atoms with Gasteiger partial charge in [0.25, 0.3) is 0 Å². The lowest BCUT2D eigenvalue weighted by Gasteiger charge is -2.26. The number of fused-ring (bicyclic) bond motifs is 6. The third-order valence-corrected chi connectivity index (χ3v) is 11.2. The normalized spacial score (nSPS) is 11.5. The summed E-state index contributed by atoms with van der Waals surface area (Å²) >= 11 is 0. The Morgan fingerprint density at radius 3 is 1.58 bits per heavy atom. The van der Waals surface area contributed by atoms with E-state index in [9.17, 15) is 0 Å². The topological polar surface area (TPSA) is 21.3 Å². The predicted octanol–water partition coefficient (Wildman–Crippen LogP) is 15.2. The Labute approximate surface area is 330 Å². The highest BCUT2D eigenvalue weighted by atomic mass is 16.3. The standard InChI is InChI=1S/C54H36N2O/c1-3-14-37(15-4-1)39-28-32-42(33-29-39)55(43-34-30-40(31-35-43)38-16-5-2-6-17-38)44-19-11-18-41(36-44)45-22-12-25-50-53(45)48-21-7-9-24-49(48)56(50)51-26-13-23-47-46-20-8-10-27-52(46)57-54(47)51/h1-36H. The van der Waals surface area contributed by atoms with E-state index in [1.165, 1.54) is 38.6 Å². The molecule has 0 amide bonds. The molecule has 3 heteroatoms. The Bertz CT molecular complexity index is 3130. The monoisotopic (exact) mass is 728 g/mol. The van der Waals surface area contributed by atoms with Crippen LogP contribution in [0.3, 0.4) is 0 Å². The van der Waals surface area contributed by atoms with Crippen molar-refractivity contribution in [1.29, 1.82) is 0 Å². The lowest BCUT2D eigenvalue weighted by Crippen LogP contribution is -2.10. The number of anilines is 3. The van der Waals surface area contributed by atoms with Gasteiger partial charge in [-0.15, -0.1) is 0 Å². The third kappa shape index (κ3) is 5.60. The summed E-state index contributed by atoms with van der Waals surface area (Å²) in [5.74, 6) is 0. The number of nitrogens with zero attached hydrogens (tertiary/aromatic N) is 2. The number of furan rings is 1. The second kappa shape index (κ2) is 13.6. The number of para-hydroxylation sites is 3. The molecule has 0 saturated heterocycles. The second-order valence-corrected chi connectivity index (χ2v) is 14.5. The minimum Gasteiger partial charge on any atom is -0.454 e. The van der Waals surface area contributed by atoms with Gasteiger partial charge in [0, 0.05) is 38.6 Å². The zero-order valence-corrected chi connectivity index (χ0v) is 31.1. The van der Waals surface area contributed by atoms with Crippen molar-refractivity contribution in [3.8, 4) is 39.1 Å². The molecule has 11 rings (SSSR count). The summed E-state index contributed by atoms with van der Waals surface area (Å²) < 4.78 is 8.96. The molecule has 3 nitrogen and oxygen atoms in total. The van der Waals surface area contributed by atoms with E-state index in [2.05, 4.69) is 222 Å². The molecule has 268 valence electrons. The predicted molar refractivity (Wildman–Crippen MR) is 239 cm³/mol. The van der Waals surface area contributed by atoms with Crippen molar-refractivity contribution < 1.29 is 4.42 Å². The summed E-state index contributed by atoms with van der Waals surface area (Å²) in [6.45, 7) is 0. The maximum absolute atomic E-state index is 6.58. The van der Waals surface area contributed by atoms with E-state index in [4.69, 9.17) is 4.42 Å². The summed E-state index contributed by atoms with van der Waals surface area (Å²) in [5, 5.41) is 4.66. The van der Waals surface area contributed by atoms with Crippen LogP contribution in [0.25, 0.3) is 82.8 Å². The van der Waals surface area contributed by atoms with Crippen molar-refractivity contribution >= 4 is 60.8 Å². The zero-order chi connectivity index (χ0) is 37.7. The largest absolute Gasteiger partial charge is 0.454 e. The first-order chi connectivity index (χ1) is 28.3. The van der Waals surface area contributed by atoms with Crippen LogP contribution < -0.4 is 4.90 Å².